The SMILES string of the molecule is CC(NCc1ccccc1Sc1ccc(CI)cc1)c1cccc2ccccc12. The Morgan fingerprint density at radius 3 is 2.38 bits per heavy atom. The summed E-state index contributed by atoms with van der Waals surface area (Å²) in [4.78, 5) is 2.60. The van der Waals surface area contributed by atoms with Gasteiger partial charge < -0.3 is 5.32 Å². The Hall–Kier alpha value is -1.82. The Bertz CT molecular complexity index is 1090. The van der Waals surface area contributed by atoms with Gasteiger partial charge in [0.25, 0.3) is 0 Å². The van der Waals surface area contributed by atoms with Gasteiger partial charge in [0.15, 0.2) is 0 Å². The highest BCUT2D eigenvalue weighted by Gasteiger charge is 2.10. The largest absolute Gasteiger partial charge is 0.306 e. The highest BCUT2D eigenvalue weighted by Crippen LogP contribution is 2.31. The van der Waals surface area contributed by atoms with Crippen molar-refractivity contribution in [3.63, 3.8) is 0 Å². The molecule has 0 saturated heterocycles. The molecule has 0 aromatic heterocycles. The minimum absolute atomic E-state index is 0.280. The van der Waals surface area contributed by atoms with Crippen molar-refractivity contribution < 1.29 is 0 Å². The fourth-order valence-corrected chi connectivity index (χ4v) is 4.98. The smallest absolute Gasteiger partial charge is 0.0301 e. The third-order valence-electron chi connectivity index (χ3n) is 5.17. The second-order valence-corrected chi connectivity index (χ2v) is 9.04. The first-order valence-electron chi connectivity index (χ1n) is 9.86. The van der Waals surface area contributed by atoms with E-state index >= 15 is 0 Å². The highest BCUT2D eigenvalue weighted by molar-refractivity contribution is 14.1. The van der Waals surface area contributed by atoms with Crippen LogP contribution in [0.1, 0.15) is 29.7 Å². The molecule has 4 aromatic rings. The van der Waals surface area contributed by atoms with Gasteiger partial charge in [-0.1, -0.05) is 107 Å². The molecule has 0 aliphatic carbocycles. The van der Waals surface area contributed by atoms with Crippen LogP contribution in [0.4, 0.5) is 0 Å². The Balaban J connectivity index is 1.49. The predicted molar refractivity (Wildman–Crippen MR) is 134 cm³/mol. The van der Waals surface area contributed by atoms with Gasteiger partial charge in [0.2, 0.25) is 0 Å². The predicted octanol–water partition coefficient (Wildman–Crippen LogP) is 7.78. The standard InChI is InChI=1S/C26H24INS/c1-19(24-11-6-9-21-7-2-4-10-25(21)24)28-18-22-8-3-5-12-26(22)29-23-15-13-20(17-27)14-16-23/h2-16,19,28H,17-18H2,1H3. The van der Waals surface area contributed by atoms with Crippen LogP contribution in [0.5, 0.6) is 0 Å². The summed E-state index contributed by atoms with van der Waals surface area (Å²) < 4.78 is 1.05. The minimum Gasteiger partial charge on any atom is -0.306 e. The molecule has 1 nitrogen and oxygen atoms in total. The summed E-state index contributed by atoms with van der Waals surface area (Å²) in [6.07, 6.45) is 0. The van der Waals surface area contributed by atoms with Crippen LogP contribution in [-0.2, 0) is 11.0 Å². The molecule has 0 bridgehead atoms. The molecule has 1 unspecified atom stereocenters. The number of fused-ring (bicyclic) bond motifs is 1. The van der Waals surface area contributed by atoms with E-state index in [0.29, 0.717) is 0 Å². The lowest BCUT2D eigenvalue weighted by molar-refractivity contribution is 0.574. The summed E-state index contributed by atoms with van der Waals surface area (Å²) in [5, 5.41) is 6.36. The van der Waals surface area contributed by atoms with Crippen molar-refractivity contribution in [3.05, 3.63) is 108 Å². The van der Waals surface area contributed by atoms with Crippen LogP contribution < -0.4 is 5.32 Å². The van der Waals surface area contributed by atoms with Crippen molar-refractivity contribution >= 4 is 45.1 Å². The number of hydrogen-bond donors (Lipinski definition) is 1. The van der Waals surface area contributed by atoms with E-state index in [0.717, 1.165) is 11.0 Å². The molecule has 0 heterocycles. The molecule has 146 valence electrons. The number of rotatable bonds is 7. The highest BCUT2D eigenvalue weighted by atomic mass is 127. The monoisotopic (exact) mass is 509 g/mol. The van der Waals surface area contributed by atoms with E-state index in [1.165, 1.54) is 37.3 Å². The second-order valence-electron chi connectivity index (χ2n) is 7.16. The molecule has 0 fully saturated rings. The lowest BCUT2D eigenvalue weighted by atomic mass is 9.99. The average Bonchev–Trinajstić information content (AvgIpc) is 2.78. The van der Waals surface area contributed by atoms with Crippen LogP contribution in [0, 0.1) is 0 Å². The maximum Gasteiger partial charge on any atom is 0.0301 e. The van der Waals surface area contributed by atoms with Crippen molar-refractivity contribution in [1.82, 2.24) is 5.32 Å². The molecule has 4 rings (SSSR count). The zero-order valence-electron chi connectivity index (χ0n) is 16.4. The fourth-order valence-electron chi connectivity index (χ4n) is 3.52. The van der Waals surface area contributed by atoms with Gasteiger partial charge in [-0.2, -0.15) is 0 Å². The second kappa shape index (κ2) is 9.79. The molecular weight excluding hydrogens is 485 g/mol. The lowest BCUT2D eigenvalue weighted by Gasteiger charge is -2.18. The number of hydrogen-bond acceptors (Lipinski definition) is 2. The average molecular weight is 509 g/mol. The first kappa shape index (κ1) is 20.5. The van der Waals surface area contributed by atoms with Crippen molar-refractivity contribution in [2.75, 3.05) is 0 Å². The quantitative estimate of drug-likeness (QED) is 0.202. The van der Waals surface area contributed by atoms with E-state index in [9.17, 15) is 0 Å². The van der Waals surface area contributed by atoms with E-state index in [-0.39, 0.29) is 6.04 Å². The van der Waals surface area contributed by atoms with Gasteiger partial charge in [0.1, 0.15) is 0 Å². The first-order chi connectivity index (χ1) is 14.2. The summed E-state index contributed by atoms with van der Waals surface area (Å²) in [7, 11) is 0. The van der Waals surface area contributed by atoms with Crippen LogP contribution in [0.2, 0.25) is 0 Å². The molecule has 0 radical (unpaired) electrons. The molecule has 1 atom stereocenters. The third kappa shape index (κ3) is 5.03. The molecular formula is C26H24INS. The Kier molecular flexibility index (Phi) is 6.90. The molecule has 1 N–H and O–H groups in total. The summed E-state index contributed by atoms with van der Waals surface area (Å²) in [5.74, 6) is 0. The first-order valence-corrected chi connectivity index (χ1v) is 12.2. The molecule has 3 heteroatoms. The number of nitrogens with one attached hydrogen (secondary N) is 1. The van der Waals surface area contributed by atoms with Crippen LogP contribution in [0.25, 0.3) is 10.8 Å². The molecule has 4 aromatic carbocycles. The summed E-state index contributed by atoms with van der Waals surface area (Å²) in [6.45, 7) is 3.10. The maximum atomic E-state index is 3.74. The molecule has 0 aliphatic rings. The Morgan fingerprint density at radius 2 is 1.55 bits per heavy atom. The van der Waals surface area contributed by atoms with Gasteiger partial charge in [-0.05, 0) is 52.6 Å². The van der Waals surface area contributed by atoms with Gasteiger partial charge in [-0.15, -0.1) is 0 Å². The van der Waals surface area contributed by atoms with E-state index in [2.05, 4.69) is 126 Å². The van der Waals surface area contributed by atoms with Crippen LogP contribution in [-0.4, -0.2) is 0 Å². The molecule has 0 amide bonds. The minimum atomic E-state index is 0.280. The number of benzene rings is 4. The van der Waals surface area contributed by atoms with E-state index < -0.39 is 0 Å². The molecule has 0 aliphatic heterocycles. The topological polar surface area (TPSA) is 12.0 Å². The Labute approximate surface area is 191 Å². The molecule has 0 spiro atoms. The normalized spacial score (nSPS) is 12.2. The van der Waals surface area contributed by atoms with Gasteiger partial charge in [-0.3, -0.25) is 0 Å². The summed E-state index contributed by atoms with van der Waals surface area (Å²) in [6, 6.07) is 33.0. The Morgan fingerprint density at radius 1 is 0.828 bits per heavy atom. The zero-order valence-corrected chi connectivity index (χ0v) is 19.4. The van der Waals surface area contributed by atoms with E-state index in [1.807, 2.05) is 11.8 Å². The van der Waals surface area contributed by atoms with Crippen LogP contribution >= 0.6 is 34.4 Å². The summed E-state index contributed by atoms with van der Waals surface area (Å²) in [5.41, 5.74) is 4.05. The fraction of sp³-hybridized carbons (Fsp3) is 0.154. The van der Waals surface area contributed by atoms with Crippen LogP contribution in [0.3, 0.4) is 0 Å². The van der Waals surface area contributed by atoms with Crippen molar-refractivity contribution in [2.45, 2.75) is 33.7 Å². The van der Waals surface area contributed by atoms with Gasteiger partial charge >= 0.3 is 0 Å². The summed E-state index contributed by atoms with van der Waals surface area (Å²) >= 11 is 4.25. The molecule has 29 heavy (non-hydrogen) atoms. The van der Waals surface area contributed by atoms with Crippen molar-refractivity contribution in [1.29, 1.82) is 0 Å². The van der Waals surface area contributed by atoms with E-state index in [1.54, 1.807) is 0 Å². The maximum absolute atomic E-state index is 3.74. The van der Waals surface area contributed by atoms with Gasteiger partial charge in [0.05, 0.1) is 0 Å². The number of halogens is 1. The van der Waals surface area contributed by atoms with Crippen LogP contribution in [0.15, 0.2) is 101 Å². The number of alkyl halides is 1. The van der Waals surface area contributed by atoms with E-state index in [4.69, 9.17) is 0 Å². The zero-order chi connectivity index (χ0) is 20.1. The van der Waals surface area contributed by atoms with Gasteiger partial charge in [-0.25, -0.2) is 0 Å². The van der Waals surface area contributed by atoms with Crippen molar-refractivity contribution in [3.8, 4) is 0 Å². The lowest BCUT2D eigenvalue weighted by Crippen LogP contribution is -2.18. The molecule has 0 saturated carbocycles. The third-order valence-corrected chi connectivity index (χ3v) is 7.17. The van der Waals surface area contributed by atoms with Crippen molar-refractivity contribution in [2.24, 2.45) is 0 Å². The van der Waals surface area contributed by atoms with Gasteiger partial charge in [0, 0.05) is 26.8 Å².